The minimum Gasteiger partial charge on any atom is -0.481 e. The molecule has 21 heavy (non-hydrogen) atoms. The molecular weight excluding hydrogens is 262 g/mol. The maximum atomic E-state index is 11.3. The monoisotopic (exact) mass is 295 g/mol. The zero-order valence-electron chi connectivity index (χ0n) is 13.9. The maximum Gasteiger partial charge on any atom is 0.303 e. The van der Waals surface area contributed by atoms with Crippen molar-refractivity contribution in [1.29, 1.82) is 0 Å². The molecule has 0 bridgehead atoms. The van der Waals surface area contributed by atoms with Crippen molar-refractivity contribution in [1.82, 2.24) is 5.32 Å². The molecule has 0 spiro atoms. The third kappa shape index (κ3) is 5.28. The molecule has 0 aromatic rings. The van der Waals surface area contributed by atoms with E-state index in [2.05, 4.69) is 19.2 Å². The molecule has 3 atom stereocenters. The first-order chi connectivity index (χ1) is 9.99. The zero-order valence-corrected chi connectivity index (χ0v) is 13.9. The molecule has 122 valence electrons. The average molecular weight is 295 g/mol. The summed E-state index contributed by atoms with van der Waals surface area (Å²) in [6, 6.07) is 0. The molecule has 2 aliphatic rings. The van der Waals surface area contributed by atoms with E-state index in [1.54, 1.807) is 0 Å². The summed E-state index contributed by atoms with van der Waals surface area (Å²) in [6.45, 7) is 6.55. The Labute approximate surface area is 129 Å². The highest BCUT2D eigenvalue weighted by atomic mass is 16.4. The summed E-state index contributed by atoms with van der Waals surface area (Å²) in [7, 11) is 0. The molecule has 2 N–H and O–H groups in total. The number of nitrogens with one attached hydrogen (secondary N) is 1. The van der Waals surface area contributed by atoms with E-state index in [0.29, 0.717) is 18.3 Å². The van der Waals surface area contributed by atoms with Crippen molar-refractivity contribution in [3.8, 4) is 0 Å². The van der Waals surface area contributed by atoms with Crippen molar-refractivity contribution >= 4 is 5.97 Å². The van der Waals surface area contributed by atoms with Crippen LogP contribution in [0.15, 0.2) is 0 Å². The Morgan fingerprint density at radius 1 is 1.14 bits per heavy atom. The standard InChI is InChI=1S/C18H33NO2/c1-14-8-15(2)10-18(9-14,11-17(20)21)13-19-12-16-6-4-3-5-7-16/h14-16,19H,3-13H2,1-2H3,(H,20,21)/t14-,15+,18?. The van der Waals surface area contributed by atoms with Crippen LogP contribution in [0.2, 0.25) is 0 Å². The summed E-state index contributed by atoms with van der Waals surface area (Å²) in [5.74, 6) is 1.50. The van der Waals surface area contributed by atoms with E-state index in [4.69, 9.17) is 0 Å². The van der Waals surface area contributed by atoms with Crippen LogP contribution in [0.4, 0.5) is 0 Å². The van der Waals surface area contributed by atoms with E-state index in [0.717, 1.165) is 31.8 Å². The molecule has 3 nitrogen and oxygen atoms in total. The molecule has 0 saturated heterocycles. The van der Waals surface area contributed by atoms with E-state index in [1.807, 2.05) is 0 Å². The third-order valence-corrected chi connectivity index (χ3v) is 5.55. The van der Waals surface area contributed by atoms with Crippen LogP contribution < -0.4 is 5.32 Å². The van der Waals surface area contributed by atoms with Gasteiger partial charge in [0.2, 0.25) is 0 Å². The summed E-state index contributed by atoms with van der Waals surface area (Å²) in [5, 5.41) is 13.0. The molecular formula is C18H33NO2. The second-order valence-corrected chi connectivity index (χ2v) is 8.06. The van der Waals surface area contributed by atoms with Crippen LogP contribution in [0, 0.1) is 23.2 Å². The first-order valence-electron chi connectivity index (χ1n) is 8.92. The second-order valence-electron chi connectivity index (χ2n) is 8.06. The van der Waals surface area contributed by atoms with Gasteiger partial charge in [-0.3, -0.25) is 4.79 Å². The number of hydrogen-bond acceptors (Lipinski definition) is 2. The summed E-state index contributed by atoms with van der Waals surface area (Å²) >= 11 is 0. The molecule has 2 saturated carbocycles. The van der Waals surface area contributed by atoms with Crippen molar-refractivity contribution in [2.24, 2.45) is 23.2 Å². The van der Waals surface area contributed by atoms with Crippen LogP contribution in [0.5, 0.6) is 0 Å². The number of hydrogen-bond donors (Lipinski definition) is 2. The summed E-state index contributed by atoms with van der Waals surface area (Å²) < 4.78 is 0. The van der Waals surface area contributed by atoms with Gasteiger partial charge in [0.05, 0.1) is 6.42 Å². The van der Waals surface area contributed by atoms with E-state index in [1.165, 1.54) is 38.5 Å². The smallest absolute Gasteiger partial charge is 0.303 e. The van der Waals surface area contributed by atoms with Crippen LogP contribution in [0.3, 0.4) is 0 Å². The van der Waals surface area contributed by atoms with Crippen molar-refractivity contribution in [2.45, 2.75) is 71.6 Å². The minimum absolute atomic E-state index is 0.0163. The third-order valence-electron chi connectivity index (χ3n) is 5.55. The van der Waals surface area contributed by atoms with Crippen LogP contribution in [-0.2, 0) is 4.79 Å². The van der Waals surface area contributed by atoms with Gasteiger partial charge in [-0.1, -0.05) is 33.1 Å². The lowest BCUT2D eigenvalue weighted by molar-refractivity contribution is -0.140. The minimum atomic E-state index is -0.629. The van der Waals surface area contributed by atoms with Gasteiger partial charge in [0.1, 0.15) is 0 Å². The summed E-state index contributed by atoms with van der Waals surface area (Å²) in [6.07, 6.45) is 10.6. The molecule has 1 unspecified atom stereocenters. The fraction of sp³-hybridized carbons (Fsp3) is 0.944. The largest absolute Gasteiger partial charge is 0.481 e. The molecule has 2 aliphatic carbocycles. The SMILES string of the molecule is C[C@@H]1C[C@H](C)CC(CNCC2CCCCC2)(CC(=O)O)C1. The van der Waals surface area contributed by atoms with Crippen LogP contribution in [0.1, 0.15) is 71.6 Å². The molecule has 2 fully saturated rings. The van der Waals surface area contributed by atoms with Gasteiger partial charge in [0.15, 0.2) is 0 Å². The van der Waals surface area contributed by atoms with Crippen LogP contribution in [0.25, 0.3) is 0 Å². The lowest BCUT2D eigenvalue weighted by atomic mass is 9.64. The van der Waals surface area contributed by atoms with Crippen molar-refractivity contribution in [3.05, 3.63) is 0 Å². The normalized spacial score (nSPS) is 34.8. The van der Waals surface area contributed by atoms with Gasteiger partial charge in [-0.2, -0.15) is 0 Å². The van der Waals surface area contributed by atoms with E-state index in [-0.39, 0.29) is 5.41 Å². The maximum absolute atomic E-state index is 11.3. The zero-order chi connectivity index (χ0) is 15.3. The topological polar surface area (TPSA) is 49.3 Å². The Morgan fingerprint density at radius 3 is 2.33 bits per heavy atom. The van der Waals surface area contributed by atoms with E-state index >= 15 is 0 Å². The van der Waals surface area contributed by atoms with Gasteiger partial charge in [-0.05, 0) is 61.8 Å². The lowest BCUT2D eigenvalue weighted by Gasteiger charge is -2.42. The molecule has 2 rings (SSSR count). The quantitative estimate of drug-likeness (QED) is 0.776. The summed E-state index contributed by atoms with van der Waals surface area (Å²) in [4.78, 5) is 11.3. The Bertz CT molecular complexity index is 326. The van der Waals surface area contributed by atoms with E-state index < -0.39 is 5.97 Å². The van der Waals surface area contributed by atoms with Gasteiger partial charge in [-0.15, -0.1) is 0 Å². The molecule has 0 aliphatic heterocycles. The highest BCUT2D eigenvalue weighted by Crippen LogP contribution is 2.44. The summed E-state index contributed by atoms with van der Waals surface area (Å²) in [5.41, 5.74) is -0.0163. The predicted molar refractivity (Wildman–Crippen MR) is 86.3 cm³/mol. The van der Waals surface area contributed by atoms with Gasteiger partial charge in [0, 0.05) is 6.54 Å². The molecule has 3 heteroatoms. The fourth-order valence-electron chi connectivity index (χ4n) is 5.02. The Kier molecular flexibility index (Phi) is 6.09. The predicted octanol–water partition coefficient (Wildman–Crippen LogP) is 4.07. The molecule has 0 aromatic carbocycles. The van der Waals surface area contributed by atoms with Crippen molar-refractivity contribution in [2.75, 3.05) is 13.1 Å². The second kappa shape index (κ2) is 7.62. The lowest BCUT2D eigenvalue weighted by Crippen LogP contribution is -2.43. The highest BCUT2D eigenvalue weighted by Gasteiger charge is 2.39. The number of carbonyl (C=O) groups is 1. The van der Waals surface area contributed by atoms with Gasteiger partial charge in [-0.25, -0.2) is 0 Å². The molecule has 0 heterocycles. The van der Waals surface area contributed by atoms with Crippen molar-refractivity contribution < 1.29 is 9.90 Å². The Balaban J connectivity index is 1.87. The van der Waals surface area contributed by atoms with Crippen LogP contribution >= 0.6 is 0 Å². The van der Waals surface area contributed by atoms with Gasteiger partial charge >= 0.3 is 5.97 Å². The average Bonchev–Trinajstić information content (AvgIpc) is 2.37. The molecule has 0 radical (unpaired) electrons. The van der Waals surface area contributed by atoms with Crippen LogP contribution in [-0.4, -0.2) is 24.2 Å². The fourth-order valence-corrected chi connectivity index (χ4v) is 5.02. The Hall–Kier alpha value is -0.570. The number of carboxylic acids is 1. The van der Waals surface area contributed by atoms with Gasteiger partial charge in [0.25, 0.3) is 0 Å². The Morgan fingerprint density at radius 2 is 1.76 bits per heavy atom. The van der Waals surface area contributed by atoms with Gasteiger partial charge < -0.3 is 10.4 Å². The number of rotatable bonds is 6. The number of carboxylic acid groups (broad SMARTS) is 1. The van der Waals surface area contributed by atoms with Crippen molar-refractivity contribution in [3.63, 3.8) is 0 Å². The van der Waals surface area contributed by atoms with E-state index in [9.17, 15) is 9.90 Å². The first kappa shape index (κ1) is 16.8. The molecule has 0 amide bonds. The number of aliphatic carboxylic acids is 1. The highest BCUT2D eigenvalue weighted by molar-refractivity contribution is 5.67. The molecule has 0 aromatic heterocycles. The first-order valence-corrected chi connectivity index (χ1v) is 8.92.